The van der Waals surface area contributed by atoms with Gasteiger partial charge < -0.3 is 30.0 Å². The normalized spacial score (nSPS) is 27.8. The molecule has 2 unspecified atom stereocenters. The van der Waals surface area contributed by atoms with Crippen LogP contribution in [0, 0.1) is 0 Å². The zero-order valence-corrected chi connectivity index (χ0v) is 12.4. The van der Waals surface area contributed by atoms with Gasteiger partial charge in [0.2, 0.25) is 0 Å². The van der Waals surface area contributed by atoms with E-state index >= 15 is 0 Å². The van der Waals surface area contributed by atoms with Crippen LogP contribution < -0.4 is 5.32 Å². The number of fused-ring (bicyclic) bond motifs is 1. The molecule has 0 aromatic carbocycles. The number of aliphatic imine (C=N–C) groups is 1. The molecule has 2 aliphatic rings. The lowest BCUT2D eigenvalue weighted by Gasteiger charge is -2.29. The Morgan fingerprint density at radius 1 is 1.15 bits per heavy atom. The standard InChI is InChI=1S/C9H18N2O7P2/c12-9(19(13,14)15,20(16,17)18)5-8-10-6-3-1-2-4-7(6)11-8/h6-7,12H,1-5H2,(H,10,11)(H2,13,14,15)(H2,16,17,18). The molecule has 0 spiro atoms. The van der Waals surface area contributed by atoms with Gasteiger partial charge in [-0.2, -0.15) is 0 Å². The zero-order valence-electron chi connectivity index (χ0n) is 10.6. The summed E-state index contributed by atoms with van der Waals surface area (Å²) in [5, 5.41) is 9.30. The Morgan fingerprint density at radius 3 is 2.20 bits per heavy atom. The number of hydrogen-bond acceptors (Lipinski definition) is 5. The highest BCUT2D eigenvalue weighted by Gasteiger charge is 2.60. The summed E-state index contributed by atoms with van der Waals surface area (Å²) in [5.74, 6) is 0.0380. The summed E-state index contributed by atoms with van der Waals surface area (Å²) in [6.45, 7) is 0. The molecule has 2 rings (SSSR count). The van der Waals surface area contributed by atoms with E-state index in [4.69, 9.17) is 19.6 Å². The minimum Gasteiger partial charge on any atom is -0.369 e. The van der Waals surface area contributed by atoms with Crippen LogP contribution in [0.5, 0.6) is 0 Å². The molecule has 0 amide bonds. The summed E-state index contributed by atoms with van der Waals surface area (Å²) < 4.78 is 22.5. The lowest BCUT2D eigenvalue weighted by Crippen LogP contribution is -2.40. The summed E-state index contributed by atoms with van der Waals surface area (Å²) in [5.41, 5.74) is 0. The number of rotatable bonds is 4. The summed E-state index contributed by atoms with van der Waals surface area (Å²) in [4.78, 5) is 40.5. The van der Waals surface area contributed by atoms with Gasteiger partial charge in [0.25, 0.3) is 5.08 Å². The number of aliphatic hydroxyl groups is 1. The fraction of sp³-hybridized carbons (Fsp3) is 0.889. The van der Waals surface area contributed by atoms with E-state index in [1.807, 2.05) is 0 Å². The Hall–Kier alpha value is -0.270. The molecule has 0 radical (unpaired) electrons. The molecule has 0 aromatic rings. The Morgan fingerprint density at radius 2 is 1.70 bits per heavy atom. The van der Waals surface area contributed by atoms with Crippen molar-refractivity contribution in [3.05, 3.63) is 0 Å². The first kappa shape index (κ1) is 16.1. The second kappa shape index (κ2) is 5.18. The maximum absolute atomic E-state index is 11.3. The Kier molecular flexibility index (Phi) is 4.17. The minimum atomic E-state index is -5.43. The lowest BCUT2D eigenvalue weighted by atomic mass is 9.92. The number of hydrogen-bond donors (Lipinski definition) is 6. The molecule has 2 atom stereocenters. The fourth-order valence-electron chi connectivity index (χ4n) is 2.58. The van der Waals surface area contributed by atoms with Gasteiger partial charge >= 0.3 is 15.2 Å². The second-order valence-electron chi connectivity index (χ2n) is 5.22. The van der Waals surface area contributed by atoms with Crippen LogP contribution >= 0.6 is 15.2 Å². The molecule has 0 aromatic heterocycles. The van der Waals surface area contributed by atoms with Crippen molar-refractivity contribution in [2.45, 2.75) is 49.3 Å². The zero-order chi connectivity index (χ0) is 15.2. The van der Waals surface area contributed by atoms with Gasteiger partial charge in [-0.15, -0.1) is 0 Å². The molecule has 1 fully saturated rings. The van der Waals surface area contributed by atoms with E-state index in [1.165, 1.54) is 0 Å². The van der Waals surface area contributed by atoms with E-state index in [0.717, 1.165) is 25.7 Å². The van der Waals surface area contributed by atoms with Crippen LogP contribution in [-0.2, 0) is 9.13 Å². The van der Waals surface area contributed by atoms with Crippen LogP contribution in [0.3, 0.4) is 0 Å². The number of amidine groups is 1. The van der Waals surface area contributed by atoms with Crippen molar-refractivity contribution in [3.8, 4) is 0 Å². The van der Waals surface area contributed by atoms with Crippen molar-refractivity contribution < 1.29 is 33.8 Å². The van der Waals surface area contributed by atoms with Gasteiger partial charge in [0.15, 0.2) is 0 Å². The molecule has 20 heavy (non-hydrogen) atoms. The third-order valence-electron chi connectivity index (χ3n) is 3.74. The van der Waals surface area contributed by atoms with E-state index in [9.17, 15) is 14.2 Å². The van der Waals surface area contributed by atoms with Crippen molar-refractivity contribution in [1.82, 2.24) is 5.32 Å². The van der Waals surface area contributed by atoms with E-state index < -0.39 is 26.7 Å². The van der Waals surface area contributed by atoms with Crippen LogP contribution in [0.4, 0.5) is 0 Å². The molecule has 6 N–H and O–H groups in total. The maximum atomic E-state index is 11.3. The van der Waals surface area contributed by atoms with Gasteiger partial charge in [0.05, 0.1) is 12.5 Å². The molecule has 1 aliphatic heterocycles. The van der Waals surface area contributed by atoms with Crippen molar-refractivity contribution in [1.29, 1.82) is 0 Å². The van der Waals surface area contributed by atoms with Gasteiger partial charge in [-0.1, -0.05) is 12.8 Å². The predicted molar refractivity (Wildman–Crippen MR) is 70.3 cm³/mol. The molecule has 1 aliphatic carbocycles. The average molecular weight is 328 g/mol. The van der Waals surface area contributed by atoms with Gasteiger partial charge in [0, 0.05) is 6.04 Å². The van der Waals surface area contributed by atoms with E-state index in [0.29, 0.717) is 0 Å². The van der Waals surface area contributed by atoms with Crippen LogP contribution in [0.1, 0.15) is 32.1 Å². The van der Waals surface area contributed by atoms with Crippen molar-refractivity contribution in [3.63, 3.8) is 0 Å². The Balaban J connectivity index is 2.22. The highest BCUT2D eigenvalue weighted by molar-refractivity contribution is 7.72. The van der Waals surface area contributed by atoms with Crippen LogP contribution in [-0.4, -0.2) is 47.7 Å². The molecule has 116 valence electrons. The maximum Gasteiger partial charge on any atom is 0.369 e. The monoisotopic (exact) mass is 328 g/mol. The Bertz CT molecular complexity index is 488. The molecular weight excluding hydrogens is 310 g/mol. The lowest BCUT2D eigenvalue weighted by molar-refractivity contribution is 0.136. The van der Waals surface area contributed by atoms with Gasteiger partial charge in [-0.25, -0.2) is 0 Å². The molecule has 11 heteroatoms. The molecule has 1 saturated carbocycles. The molecule has 1 heterocycles. The van der Waals surface area contributed by atoms with Crippen molar-refractivity contribution in [2.75, 3.05) is 0 Å². The minimum absolute atomic E-state index is 0.0107. The van der Waals surface area contributed by atoms with Crippen molar-refractivity contribution >= 4 is 21.0 Å². The first-order valence-corrected chi connectivity index (χ1v) is 9.44. The van der Waals surface area contributed by atoms with Gasteiger partial charge in [-0.05, 0) is 12.8 Å². The number of nitrogens with zero attached hydrogens (tertiary/aromatic N) is 1. The summed E-state index contributed by atoms with van der Waals surface area (Å²) >= 11 is 0. The van der Waals surface area contributed by atoms with Crippen LogP contribution in [0.2, 0.25) is 0 Å². The molecular formula is C9H18N2O7P2. The number of nitrogens with one attached hydrogen (secondary N) is 1. The van der Waals surface area contributed by atoms with E-state index in [1.54, 1.807) is 0 Å². The largest absolute Gasteiger partial charge is 0.369 e. The first-order chi connectivity index (χ1) is 9.04. The predicted octanol–water partition coefficient (Wildman–Crippen LogP) is -0.309. The van der Waals surface area contributed by atoms with Gasteiger partial charge in [-0.3, -0.25) is 14.1 Å². The highest BCUT2D eigenvalue weighted by atomic mass is 31.2. The topological polar surface area (TPSA) is 160 Å². The second-order valence-corrected chi connectivity index (χ2v) is 9.23. The quantitative estimate of drug-likeness (QED) is 0.383. The van der Waals surface area contributed by atoms with E-state index in [-0.39, 0.29) is 17.9 Å². The molecule has 0 saturated heterocycles. The third-order valence-corrected chi connectivity index (χ3v) is 7.49. The van der Waals surface area contributed by atoms with E-state index in [2.05, 4.69) is 10.3 Å². The smallest absolute Gasteiger partial charge is 0.369 e. The summed E-state index contributed by atoms with van der Waals surface area (Å²) in [6, 6.07) is -0.0481. The fourth-order valence-corrected chi connectivity index (χ4v) is 4.65. The Labute approximate surface area is 115 Å². The average Bonchev–Trinajstić information content (AvgIpc) is 2.67. The van der Waals surface area contributed by atoms with Crippen molar-refractivity contribution in [2.24, 2.45) is 4.99 Å². The SMILES string of the molecule is O=P(O)(O)C(O)(CC1=NC2CCCCC2N1)P(=O)(O)O. The third kappa shape index (κ3) is 2.85. The molecule has 9 nitrogen and oxygen atoms in total. The van der Waals surface area contributed by atoms with Gasteiger partial charge in [0.1, 0.15) is 5.84 Å². The molecule has 0 bridgehead atoms. The van der Waals surface area contributed by atoms with Crippen LogP contribution in [0.15, 0.2) is 4.99 Å². The van der Waals surface area contributed by atoms with Crippen LogP contribution in [0.25, 0.3) is 0 Å². The first-order valence-electron chi connectivity index (χ1n) is 6.21. The summed E-state index contributed by atoms with van der Waals surface area (Å²) in [6.07, 6.45) is 2.74. The highest BCUT2D eigenvalue weighted by Crippen LogP contribution is 2.69. The summed E-state index contributed by atoms with van der Waals surface area (Å²) in [7, 11) is -10.9.